The lowest BCUT2D eigenvalue weighted by atomic mass is 9.92. The molecule has 2 aromatic rings. The number of hydrogen-bond acceptors (Lipinski definition) is 6. The second-order valence-electron chi connectivity index (χ2n) is 6.48. The molecule has 2 aromatic heterocycles. The summed E-state index contributed by atoms with van der Waals surface area (Å²) in [4.78, 5) is 41.8. The SMILES string of the molecule is CC(=O)NCc1cnc(CC2CCN(C(=O)c3cncnc3)CC2)cn1. The van der Waals surface area contributed by atoms with Crippen molar-refractivity contribution in [3.63, 3.8) is 0 Å². The third-order valence-corrected chi connectivity index (χ3v) is 4.48. The van der Waals surface area contributed by atoms with Gasteiger partial charge in [0.2, 0.25) is 5.91 Å². The predicted molar refractivity (Wildman–Crippen MR) is 93.9 cm³/mol. The summed E-state index contributed by atoms with van der Waals surface area (Å²) in [6.45, 7) is 3.33. The number of aromatic nitrogens is 4. The van der Waals surface area contributed by atoms with Crippen LogP contribution in [-0.2, 0) is 17.8 Å². The third-order valence-electron chi connectivity index (χ3n) is 4.48. The zero-order valence-electron chi connectivity index (χ0n) is 14.8. The molecule has 1 aliphatic rings. The number of piperidine rings is 1. The monoisotopic (exact) mass is 354 g/mol. The Kier molecular flexibility index (Phi) is 5.83. The summed E-state index contributed by atoms with van der Waals surface area (Å²) < 4.78 is 0. The van der Waals surface area contributed by atoms with Gasteiger partial charge in [0.25, 0.3) is 5.91 Å². The summed E-state index contributed by atoms with van der Waals surface area (Å²) in [7, 11) is 0. The normalized spacial score (nSPS) is 14.9. The van der Waals surface area contributed by atoms with Gasteiger partial charge in [-0.05, 0) is 25.2 Å². The van der Waals surface area contributed by atoms with E-state index in [4.69, 9.17) is 0 Å². The topological polar surface area (TPSA) is 101 Å². The Labute approximate surface area is 152 Å². The van der Waals surface area contributed by atoms with Crippen molar-refractivity contribution >= 4 is 11.8 Å². The second-order valence-corrected chi connectivity index (χ2v) is 6.48. The van der Waals surface area contributed by atoms with Crippen LogP contribution in [0.4, 0.5) is 0 Å². The maximum Gasteiger partial charge on any atom is 0.256 e. The third kappa shape index (κ3) is 4.81. The molecule has 0 aliphatic carbocycles. The van der Waals surface area contributed by atoms with E-state index in [0.717, 1.165) is 43.7 Å². The Morgan fingerprint density at radius 2 is 1.73 bits per heavy atom. The van der Waals surface area contributed by atoms with E-state index in [1.807, 2.05) is 4.90 Å². The van der Waals surface area contributed by atoms with Crippen LogP contribution in [-0.4, -0.2) is 49.7 Å². The molecule has 1 N–H and O–H groups in total. The number of likely N-dealkylation sites (tertiary alicyclic amines) is 1. The van der Waals surface area contributed by atoms with Crippen molar-refractivity contribution in [3.8, 4) is 0 Å². The molecule has 0 aromatic carbocycles. The fourth-order valence-electron chi connectivity index (χ4n) is 3.02. The molecule has 26 heavy (non-hydrogen) atoms. The van der Waals surface area contributed by atoms with E-state index in [9.17, 15) is 9.59 Å². The van der Waals surface area contributed by atoms with Crippen molar-refractivity contribution in [1.29, 1.82) is 0 Å². The average Bonchev–Trinajstić information content (AvgIpc) is 2.68. The first-order valence-corrected chi connectivity index (χ1v) is 8.70. The standard InChI is InChI=1S/C18H22N6O2/c1-13(25)21-10-17-11-22-16(9-23-17)6-14-2-4-24(5-3-14)18(26)15-7-19-12-20-8-15/h7-9,11-12,14H,2-6,10H2,1H3,(H,21,25). The summed E-state index contributed by atoms with van der Waals surface area (Å²) in [6.07, 6.45) is 10.7. The highest BCUT2D eigenvalue weighted by Gasteiger charge is 2.24. The van der Waals surface area contributed by atoms with Gasteiger partial charge < -0.3 is 10.2 Å². The molecule has 3 heterocycles. The molecule has 0 radical (unpaired) electrons. The first kappa shape index (κ1) is 17.9. The molecule has 2 amide bonds. The van der Waals surface area contributed by atoms with Crippen LogP contribution in [0.3, 0.4) is 0 Å². The minimum Gasteiger partial charge on any atom is -0.351 e. The van der Waals surface area contributed by atoms with E-state index in [0.29, 0.717) is 18.0 Å². The Bertz CT molecular complexity index is 742. The van der Waals surface area contributed by atoms with Gasteiger partial charge in [-0.15, -0.1) is 0 Å². The lowest BCUT2D eigenvalue weighted by Gasteiger charge is -2.31. The van der Waals surface area contributed by atoms with Crippen LogP contribution >= 0.6 is 0 Å². The highest BCUT2D eigenvalue weighted by atomic mass is 16.2. The summed E-state index contributed by atoms with van der Waals surface area (Å²) in [5.74, 6) is 0.395. The first-order chi connectivity index (χ1) is 12.6. The Balaban J connectivity index is 1.48. The minimum atomic E-state index is -0.0840. The molecule has 0 spiro atoms. The van der Waals surface area contributed by atoms with E-state index in [1.165, 1.54) is 13.3 Å². The number of nitrogens with one attached hydrogen (secondary N) is 1. The van der Waals surface area contributed by atoms with Crippen molar-refractivity contribution < 1.29 is 9.59 Å². The van der Waals surface area contributed by atoms with Gasteiger partial charge in [0.1, 0.15) is 6.33 Å². The van der Waals surface area contributed by atoms with Gasteiger partial charge >= 0.3 is 0 Å². The van der Waals surface area contributed by atoms with Crippen LogP contribution in [0.15, 0.2) is 31.1 Å². The van der Waals surface area contributed by atoms with E-state index >= 15 is 0 Å². The highest BCUT2D eigenvalue weighted by Crippen LogP contribution is 2.21. The minimum absolute atomic E-state index is 0.00818. The van der Waals surface area contributed by atoms with Gasteiger partial charge in [-0.2, -0.15) is 0 Å². The van der Waals surface area contributed by atoms with Crippen LogP contribution in [0, 0.1) is 5.92 Å². The fraction of sp³-hybridized carbons (Fsp3) is 0.444. The lowest BCUT2D eigenvalue weighted by molar-refractivity contribution is -0.119. The van der Waals surface area contributed by atoms with Gasteiger partial charge in [-0.25, -0.2) is 9.97 Å². The highest BCUT2D eigenvalue weighted by molar-refractivity contribution is 5.93. The Hall–Kier alpha value is -2.90. The molecule has 1 fully saturated rings. The van der Waals surface area contributed by atoms with E-state index in [1.54, 1.807) is 24.8 Å². The molecule has 3 rings (SSSR count). The van der Waals surface area contributed by atoms with Crippen molar-refractivity contribution in [1.82, 2.24) is 30.2 Å². The van der Waals surface area contributed by atoms with Gasteiger partial charge in [0.15, 0.2) is 0 Å². The Morgan fingerprint density at radius 1 is 1.08 bits per heavy atom. The molecule has 0 bridgehead atoms. The van der Waals surface area contributed by atoms with Crippen molar-refractivity contribution in [3.05, 3.63) is 48.1 Å². The maximum atomic E-state index is 12.4. The average molecular weight is 354 g/mol. The molecule has 8 heteroatoms. The molecule has 1 saturated heterocycles. The largest absolute Gasteiger partial charge is 0.351 e. The van der Waals surface area contributed by atoms with Crippen LogP contribution in [0.1, 0.15) is 41.5 Å². The van der Waals surface area contributed by atoms with Crippen LogP contribution in [0.5, 0.6) is 0 Å². The number of nitrogens with zero attached hydrogens (tertiary/aromatic N) is 5. The molecule has 136 valence electrons. The van der Waals surface area contributed by atoms with Crippen LogP contribution < -0.4 is 5.32 Å². The van der Waals surface area contributed by atoms with Crippen LogP contribution in [0.25, 0.3) is 0 Å². The zero-order chi connectivity index (χ0) is 18.4. The van der Waals surface area contributed by atoms with E-state index < -0.39 is 0 Å². The van der Waals surface area contributed by atoms with Gasteiger partial charge in [0.05, 0.1) is 29.7 Å². The summed E-state index contributed by atoms with van der Waals surface area (Å²) in [6, 6.07) is 0. The summed E-state index contributed by atoms with van der Waals surface area (Å²) >= 11 is 0. The molecule has 0 atom stereocenters. The van der Waals surface area contributed by atoms with Gasteiger partial charge in [-0.1, -0.05) is 0 Å². The summed E-state index contributed by atoms with van der Waals surface area (Å²) in [5.41, 5.74) is 2.22. The molecule has 0 unspecified atom stereocenters. The quantitative estimate of drug-likeness (QED) is 0.859. The van der Waals surface area contributed by atoms with E-state index in [2.05, 4.69) is 25.3 Å². The number of rotatable bonds is 5. The maximum absolute atomic E-state index is 12.4. The lowest BCUT2D eigenvalue weighted by Crippen LogP contribution is -2.39. The number of carbonyl (C=O) groups excluding carboxylic acids is 2. The molecular formula is C18H22N6O2. The molecule has 8 nitrogen and oxygen atoms in total. The number of hydrogen-bond donors (Lipinski definition) is 1. The smallest absolute Gasteiger partial charge is 0.256 e. The van der Waals surface area contributed by atoms with E-state index in [-0.39, 0.29) is 11.8 Å². The van der Waals surface area contributed by atoms with Gasteiger partial charge in [0, 0.05) is 38.6 Å². The summed E-state index contributed by atoms with van der Waals surface area (Å²) in [5, 5.41) is 2.70. The zero-order valence-corrected chi connectivity index (χ0v) is 14.8. The van der Waals surface area contributed by atoms with Gasteiger partial charge in [-0.3, -0.25) is 19.6 Å². The molecule has 1 aliphatic heterocycles. The predicted octanol–water partition coefficient (Wildman–Crippen LogP) is 0.998. The fourth-order valence-corrected chi connectivity index (χ4v) is 3.02. The first-order valence-electron chi connectivity index (χ1n) is 8.70. The van der Waals surface area contributed by atoms with Crippen LogP contribution in [0.2, 0.25) is 0 Å². The Morgan fingerprint density at radius 3 is 2.35 bits per heavy atom. The van der Waals surface area contributed by atoms with Crippen molar-refractivity contribution in [2.24, 2.45) is 5.92 Å². The van der Waals surface area contributed by atoms with Crippen molar-refractivity contribution in [2.45, 2.75) is 32.7 Å². The van der Waals surface area contributed by atoms with Crippen molar-refractivity contribution in [2.75, 3.05) is 13.1 Å². The molecular weight excluding hydrogens is 332 g/mol. The second kappa shape index (κ2) is 8.46. The number of carbonyl (C=O) groups is 2. The number of amides is 2. The molecule has 0 saturated carbocycles.